The quantitative estimate of drug-likeness (QED) is 0.667. The molecule has 0 saturated carbocycles. The van der Waals surface area contributed by atoms with Gasteiger partial charge in [-0.3, -0.25) is 5.10 Å². The molecule has 2 aromatic carbocycles. The smallest absolute Gasteiger partial charge is 0.397 e. The molecule has 0 aliphatic heterocycles. The normalized spacial score (nSPS) is 12.8. The monoisotopic (exact) mass is 384 g/mol. The number of nitrogens with zero attached hydrogens (tertiary/aromatic N) is 1. The van der Waals surface area contributed by atoms with E-state index in [-0.39, 0.29) is 21.9 Å². The van der Waals surface area contributed by atoms with E-state index in [9.17, 15) is 21.8 Å². The Balaban J connectivity index is 2.06. The molecular weight excluding hydrogens is 372 g/mol. The van der Waals surface area contributed by atoms with Gasteiger partial charge >= 0.3 is 6.18 Å². The number of aryl methyl sites for hydroxylation is 1. The highest BCUT2D eigenvalue weighted by molar-refractivity contribution is 7.80. The van der Waals surface area contributed by atoms with Crippen molar-refractivity contribution in [3.05, 3.63) is 65.6 Å². The predicted octanol–water partition coefficient (Wildman–Crippen LogP) is 4.64. The molecule has 0 radical (unpaired) electrons. The number of aromatic amines is 1. The molecule has 0 aliphatic carbocycles. The third kappa shape index (κ3) is 3.62. The Morgan fingerprint density at radius 1 is 1.15 bits per heavy atom. The van der Waals surface area contributed by atoms with E-state index in [4.69, 9.17) is 4.18 Å². The molecule has 0 fully saturated rings. The number of halogens is 4. The second-order valence-electron chi connectivity index (χ2n) is 5.38. The Hall–Kier alpha value is -2.68. The van der Waals surface area contributed by atoms with E-state index < -0.39 is 28.6 Å². The van der Waals surface area contributed by atoms with Crippen LogP contribution in [0.4, 0.5) is 17.6 Å². The number of rotatable bonds is 4. The number of aromatic nitrogens is 2. The molecule has 1 unspecified atom stereocenters. The molecule has 4 nitrogen and oxygen atoms in total. The summed E-state index contributed by atoms with van der Waals surface area (Å²) in [4.78, 5) is -0.204. The summed E-state index contributed by atoms with van der Waals surface area (Å²) in [5.41, 5.74) is -0.907. The Labute approximate surface area is 148 Å². The zero-order valence-electron chi connectivity index (χ0n) is 13.3. The van der Waals surface area contributed by atoms with E-state index >= 15 is 0 Å². The van der Waals surface area contributed by atoms with Crippen LogP contribution in [0.5, 0.6) is 5.75 Å². The average Bonchev–Trinajstić information content (AvgIpc) is 3.11. The maximum atomic E-state index is 13.6. The standard InChI is InChI=1S/C17H12F4N2O2S/c1-10-5-6-11(9-13(10)18)25-26(24)15-4-2-3-12(17(19,20)21)16(15)14-7-8-22-23-14/h2-9H,1H3,(H,22,23). The highest BCUT2D eigenvalue weighted by Gasteiger charge is 2.36. The largest absolute Gasteiger partial charge is 0.417 e. The van der Waals surface area contributed by atoms with E-state index in [2.05, 4.69) is 10.2 Å². The number of hydrogen-bond donors (Lipinski definition) is 1. The molecular formula is C17H12F4N2O2S. The minimum absolute atomic E-state index is 0.0416. The molecule has 136 valence electrons. The summed E-state index contributed by atoms with van der Waals surface area (Å²) >= 11 is -2.30. The number of nitrogens with one attached hydrogen (secondary N) is 1. The summed E-state index contributed by atoms with van der Waals surface area (Å²) in [5, 5.41) is 6.09. The van der Waals surface area contributed by atoms with Crippen LogP contribution in [0.3, 0.4) is 0 Å². The number of benzene rings is 2. The molecule has 1 aromatic heterocycles. The van der Waals surface area contributed by atoms with Gasteiger partial charge in [-0.05, 0) is 36.8 Å². The third-order valence-corrected chi connectivity index (χ3v) is 4.64. The predicted molar refractivity (Wildman–Crippen MR) is 87.2 cm³/mol. The van der Waals surface area contributed by atoms with Crippen LogP contribution in [0.15, 0.2) is 53.6 Å². The van der Waals surface area contributed by atoms with Gasteiger partial charge < -0.3 is 4.18 Å². The molecule has 1 heterocycles. The Kier molecular flexibility index (Phi) is 4.82. The van der Waals surface area contributed by atoms with Crippen LogP contribution in [0.25, 0.3) is 11.3 Å². The molecule has 0 spiro atoms. The van der Waals surface area contributed by atoms with Gasteiger partial charge in [-0.15, -0.1) is 0 Å². The van der Waals surface area contributed by atoms with E-state index in [1.165, 1.54) is 30.5 Å². The van der Waals surface area contributed by atoms with Gasteiger partial charge in [0.05, 0.1) is 16.2 Å². The van der Waals surface area contributed by atoms with Crippen LogP contribution in [-0.4, -0.2) is 14.4 Å². The summed E-state index contributed by atoms with van der Waals surface area (Å²) in [6.45, 7) is 1.54. The SMILES string of the molecule is Cc1ccc(OS(=O)c2cccc(C(F)(F)F)c2-c2ccn[nH]2)cc1F. The fourth-order valence-corrected chi connectivity index (χ4v) is 3.28. The van der Waals surface area contributed by atoms with Crippen LogP contribution in [0.1, 0.15) is 11.1 Å². The summed E-state index contributed by atoms with van der Waals surface area (Å²) in [6, 6.07) is 8.43. The van der Waals surface area contributed by atoms with E-state index in [0.717, 1.165) is 18.2 Å². The van der Waals surface area contributed by atoms with Crippen molar-refractivity contribution < 1.29 is 26.0 Å². The van der Waals surface area contributed by atoms with Crippen LogP contribution >= 0.6 is 0 Å². The first kappa shape index (κ1) is 18.1. The Bertz CT molecular complexity index is 956. The molecule has 3 aromatic rings. The summed E-state index contributed by atoms with van der Waals surface area (Å²) in [7, 11) is 0. The van der Waals surface area contributed by atoms with Gasteiger partial charge in [0.1, 0.15) is 11.6 Å². The molecule has 1 atom stereocenters. The highest BCUT2D eigenvalue weighted by Crippen LogP contribution is 2.39. The van der Waals surface area contributed by atoms with E-state index in [1.54, 1.807) is 6.92 Å². The molecule has 26 heavy (non-hydrogen) atoms. The third-order valence-electron chi connectivity index (χ3n) is 3.60. The molecule has 3 rings (SSSR count). The maximum Gasteiger partial charge on any atom is 0.417 e. The maximum absolute atomic E-state index is 13.6. The molecule has 1 N–H and O–H groups in total. The van der Waals surface area contributed by atoms with Crippen LogP contribution in [0, 0.1) is 12.7 Å². The zero-order valence-corrected chi connectivity index (χ0v) is 14.1. The molecule has 9 heteroatoms. The van der Waals surface area contributed by atoms with Crippen LogP contribution < -0.4 is 4.18 Å². The highest BCUT2D eigenvalue weighted by atomic mass is 32.2. The lowest BCUT2D eigenvalue weighted by molar-refractivity contribution is -0.137. The first-order chi connectivity index (χ1) is 12.3. The van der Waals surface area contributed by atoms with E-state index in [1.807, 2.05) is 0 Å². The number of H-pyrrole nitrogens is 1. The minimum Gasteiger partial charge on any atom is -0.397 e. The summed E-state index contributed by atoms with van der Waals surface area (Å²) in [6.07, 6.45) is -3.39. The molecule has 0 aliphatic rings. The topological polar surface area (TPSA) is 55.0 Å². The molecule has 0 amide bonds. The van der Waals surface area contributed by atoms with Crippen molar-refractivity contribution in [2.75, 3.05) is 0 Å². The van der Waals surface area contributed by atoms with Gasteiger partial charge in [-0.25, -0.2) is 8.60 Å². The van der Waals surface area contributed by atoms with Crippen LogP contribution in [0.2, 0.25) is 0 Å². The van der Waals surface area contributed by atoms with Gasteiger partial charge in [0.25, 0.3) is 0 Å². The minimum atomic E-state index is -4.67. The van der Waals surface area contributed by atoms with Crippen molar-refractivity contribution in [3.8, 4) is 17.0 Å². The van der Waals surface area contributed by atoms with E-state index in [0.29, 0.717) is 5.56 Å². The van der Waals surface area contributed by atoms with Crippen molar-refractivity contribution in [3.63, 3.8) is 0 Å². The van der Waals surface area contributed by atoms with Crippen molar-refractivity contribution in [2.45, 2.75) is 18.0 Å². The Morgan fingerprint density at radius 3 is 2.54 bits per heavy atom. The van der Waals surface area contributed by atoms with Gasteiger partial charge in [-0.1, -0.05) is 12.1 Å². The Morgan fingerprint density at radius 2 is 1.92 bits per heavy atom. The fourth-order valence-electron chi connectivity index (χ4n) is 2.34. The van der Waals surface area contributed by atoms with Crippen LogP contribution in [-0.2, 0) is 17.3 Å². The van der Waals surface area contributed by atoms with Gasteiger partial charge in [-0.2, -0.15) is 18.3 Å². The zero-order chi connectivity index (χ0) is 18.9. The lowest BCUT2D eigenvalue weighted by atomic mass is 10.0. The summed E-state index contributed by atoms with van der Waals surface area (Å²) < 4.78 is 71.5. The first-order valence-corrected chi connectivity index (χ1v) is 8.41. The van der Waals surface area contributed by atoms with Crippen molar-refractivity contribution >= 4 is 11.1 Å². The van der Waals surface area contributed by atoms with Crippen molar-refractivity contribution in [2.24, 2.45) is 0 Å². The van der Waals surface area contributed by atoms with Gasteiger partial charge in [0.2, 0.25) is 11.1 Å². The average molecular weight is 384 g/mol. The second kappa shape index (κ2) is 6.91. The molecule has 0 saturated heterocycles. The second-order valence-corrected chi connectivity index (χ2v) is 6.45. The van der Waals surface area contributed by atoms with Gasteiger partial charge in [0, 0.05) is 17.8 Å². The van der Waals surface area contributed by atoms with Crippen molar-refractivity contribution in [1.29, 1.82) is 0 Å². The lowest BCUT2D eigenvalue weighted by Crippen LogP contribution is -2.11. The first-order valence-electron chi connectivity index (χ1n) is 7.33. The number of alkyl halides is 3. The lowest BCUT2D eigenvalue weighted by Gasteiger charge is -2.15. The van der Waals surface area contributed by atoms with Crippen molar-refractivity contribution in [1.82, 2.24) is 10.2 Å². The van der Waals surface area contributed by atoms with Gasteiger partial charge in [0.15, 0.2) is 0 Å². The number of hydrogen-bond acceptors (Lipinski definition) is 3. The molecule has 0 bridgehead atoms. The summed E-state index contributed by atoms with van der Waals surface area (Å²) in [5.74, 6) is -0.628. The fraction of sp³-hybridized carbons (Fsp3) is 0.118.